The molecule has 0 unspecified atom stereocenters. The molecule has 33 heavy (non-hydrogen) atoms. The minimum absolute atomic E-state index is 0.000212. The van der Waals surface area contributed by atoms with Crippen molar-refractivity contribution >= 4 is 40.3 Å². The lowest BCUT2D eigenvalue weighted by molar-refractivity contribution is -0.113. The Bertz CT molecular complexity index is 1360. The van der Waals surface area contributed by atoms with Crippen LogP contribution in [0.5, 0.6) is 0 Å². The highest BCUT2D eigenvalue weighted by Crippen LogP contribution is 2.34. The predicted octanol–water partition coefficient (Wildman–Crippen LogP) is 1.51. The Morgan fingerprint density at radius 1 is 1.09 bits per heavy atom. The van der Waals surface area contributed by atoms with E-state index in [1.165, 1.54) is 23.7 Å². The van der Waals surface area contributed by atoms with Crippen molar-refractivity contribution in [2.75, 3.05) is 11.1 Å². The lowest BCUT2D eigenvalue weighted by atomic mass is 10.1. The number of primary amides is 1. The number of benzene rings is 1. The van der Waals surface area contributed by atoms with Crippen LogP contribution in [0.15, 0.2) is 38.9 Å². The van der Waals surface area contributed by atoms with Crippen LogP contribution in [0.3, 0.4) is 0 Å². The van der Waals surface area contributed by atoms with Gasteiger partial charge in [0.15, 0.2) is 5.65 Å². The zero-order valence-electron chi connectivity index (χ0n) is 18.3. The second kappa shape index (κ2) is 9.18. The largest absolute Gasteiger partial charge is 0.366 e. The molecule has 0 radical (unpaired) electrons. The smallest absolute Gasteiger partial charge is 0.332 e. The molecular formula is C22H24N6O4S. The molecule has 0 aliphatic heterocycles. The number of anilines is 1. The molecule has 3 aromatic rings. The molecule has 0 atom stereocenters. The maximum Gasteiger partial charge on any atom is 0.332 e. The Hall–Kier alpha value is -3.47. The van der Waals surface area contributed by atoms with Gasteiger partial charge in [-0.05, 0) is 37.1 Å². The number of hydrogen-bond acceptors (Lipinski definition) is 7. The first-order valence-corrected chi connectivity index (χ1v) is 11.5. The average molecular weight is 469 g/mol. The molecular weight excluding hydrogens is 444 g/mol. The molecule has 4 rings (SSSR count). The molecule has 172 valence electrons. The number of aromatic nitrogens is 4. The number of carbonyl (C=O) groups is 2. The van der Waals surface area contributed by atoms with E-state index in [4.69, 9.17) is 5.73 Å². The van der Waals surface area contributed by atoms with Crippen molar-refractivity contribution in [3.05, 3.63) is 56.5 Å². The van der Waals surface area contributed by atoms with Crippen molar-refractivity contribution in [1.29, 1.82) is 0 Å². The van der Waals surface area contributed by atoms with Crippen LogP contribution in [0.1, 0.15) is 47.8 Å². The highest BCUT2D eigenvalue weighted by Gasteiger charge is 2.24. The number of carbonyl (C=O) groups excluding carboxylic acids is 2. The van der Waals surface area contributed by atoms with Gasteiger partial charge in [0, 0.05) is 31.3 Å². The van der Waals surface area contributed by atoms with E-state index >= 15 is 0 Å². The third-order valence-electron chi connectivity index (χ3n) is 5.80. The Kier molecular flexibility index (Phi) is 6.32. The van der Waals surface area contributed by atoms with Crippen molar-refractivity contribution < 1.29 is 9.59 Å². The maximum atomic E-state index is 12.9. The van der Waals surface area contributed by atoms with Crippen LogP contribution in [0.2, 0.25) is 0 Å². The molecule has 1 aromatic carbocycles. The predicted molar refractivity (Wildman–Crippen MR) is 126 cm³/mol. The van der Waals surface area contributed by atoms with Gasteiger partial charge in [0.05, 0.1) is 5.75 Å². The third kappa shape index (κ3) is 4.54. The summed E-state index contributed by atoms with van der Waals surface area (Å²) >= 11 is 1.13. The van der Waals surface area contributed by atoms with Crippen LogP contribution in [0.25, 0.3) is 11.0 Å². The monoisotopic (exact) mass is 468 g/mol. The first-order valence-electron chi connectivity index (χ1n) is 10.6. The van der Waals surface area contributed by atoms with E-state index < -0.39 is 17.2 Å². The van der Waals surface area contributed by atoms with Gasteiger partial charge in [-0.1, -0.05) is 24.6 Å². The quantitative estimate of drug-likeness (QED) is 0.412. The average Bonchev–Trinajstić information content (AvgIpc) is 3.35. The zero-order chi connectivity index (χ0) is 23.7. The lowest BCUT2D eigenvalue weighted by Crippen LogP contribution is -2.38. The maximum absolute atomic E-state index is 12.9. The van der Waals surface area contributed by atoms with E-state index in [2.05, 4.69) is 15.3 Å². The molecule has 1 aliphatic carbocycles. The summed E-state index contributed by atoms with van der Waals surface area (Å²) in [5.74, 6) is -0.0748. The number of nitrogens with one attached hydrogen (secondary N) is 1. The van der Waals surface area contributed by atoms with Crippen LogP contribution >= 0.6 is 11.8 Å². The van der Waals surface area contributed by atoms with Gasteiger partial charge in [0.1, 0.15) is 16.2 Å². The van der Waals surface area contributed by atoms with Gasteiger partial charge in [0.25, 0.3) is 5.56 Å². The first kappa shape index (κ1) is 22.7. The molecule has 2 heterocycles. The van der Waals surface area contributed by atoms with E-state index in [9.17, 15) is 19.2 Å². The Morgan fingerprint density at radius 3 is 2.39 bits per heavy atom. The van der Waals surface area contributed by atoms with Crippen molar-refractivity contribution in [2.45, 2.75) is 36.6 Å². The number of nitrogens with two attached hydrogens (primary N) is 1. The van der Waals surface area contributed by atoms with Gasteiger partial charge in [-0.2, -0.15) is 0 Å². The summed E-state index contributed by atoms with van der Waals surface area (Å²) in [6.45, 7) is 0. The van der Waals surface area contributed by atoms with Crippen LogP contribution in [0, 0.1) is 0 Å². The van der Waals surface area contributed by atoms with Crippen molar-refractivity contribution in [2.24, 2.45) is 19.8 Å². The molecule has 2 amide bonds. The third-order valence-corrected chi connectivity index (χ3v) is 6.77. The zero-order valence-corrected chi connectivity index (χ0v) is 19.1. The Morgan fingerprint density at radius 2 is 1.76 bits per heavy atom. The van der Waals surface area contributed by atoms with Crippen LogP contribution in [-0.4, -0.2) is 36.7 Å². The number of hydrogen-bond donors (Lipinski definition) is 2. The van der Waals surface area contributed by atoms with Crippen LogP contribution in [0.4, 0.5) is 5.69 Å². The number of amides is 2. The number of thioether (sulfide) groups is 1. The van der Waals surface area contributed by atoms with Gasteiger partial charge in [-0.3, -0.25) is 23.5 Å². The number of fused-ring (bicyclic) bond motifs is 1. The Balaban J connectivity index is 1.64. The minimum Gasteiger partial charge on any atom is -0.366 e. The normalized spacial score (nSPS) is 14.0. The summed E-state index contributed by atoms with van der Waals surface area (Å²) in [5.41, 5.74) is 5.42. The molecule has 1 fully saturated rings. The van der Waals surface area contributed by atoms with Crippen LogP contribution in [-0.2, 0) is 18.9 Å². The summed E-state index contributed by atoms with van der Waals surface area (Å²) in [7, 11) is 2.98. The first-order chi connectivity index (χ1) is 15.8. The van der Waals surface area contributed by atoms with Gasteiger partial charge < -0.3 is 11.1 Å². The number of rotatable bonds is 6. The highest BCUT2D eigenvalue weighted by molar-refractivity contribution is 8.00. The minimum atomic E-state index is -0.548. The van der Waals surface area contributed by atoms with Crippen LogP contribution < -0.4 is 22.3 Å². The fraction of sp³-hybridized carbons (Fsp3) is 0.364. The fourth-order valence-corrected chi connectivity index (χ4v) is 4.79. The van der Waals surface area contributed by atoms with Crippen molar-refractivity contribution in [3.8, 4) is 0 Å². The molecule has 3 N–H and O–H groups in total. The molecule has 2 aromatic heterocycles. The summed E-state index contributed by atoms with van der Waals surface area (Å²) in [5, 5.41) is 3.36. The molecule has 1 saturated carbocycles. The molecule has 0 bridgehead atoms. The van der Waals surface area contributed by atoms with E-state index in [0.717, 1.165) is 42.0 Å². The van der Waals surface area contributed by atoms with E-state index in [0.29, 0.717) is 22.1 Å². The van der Waals surface area contributed by atoms with Gasteiger partial charge in [0.2, 0.25) is 11.8 Å². The fourth-order valence-electron chi connectivity index (χ4n) is 3.96. The molecule has 11 heteroatoms. The van der Waals surface area contributed by atoms with E-state index in [1.54, 1.807) is 19.2 Å². The summed E-state index contributed by atoms with van der Waals surface area (Å²) in [4.78, 5) is 58.3. The van der Waals surface area contributed by atoms with Gasteiger partial charge in [-0.15, -0.1) is 0 Å². The summed E-state index contributed by atoms with van der Waals surface area (Å²) in [6, 6.07) is 6.24. The van der Waals surface area contributed by atoms with Crippen molar-refractivity contribution in [1.82, 2.24) is 19.1 Å². The molecule has 10 nitrogen and oxygen atoms in total. The second-order valence-corrected chi connectivity index (χ2v) is 9.02. The second-order valence-electron chi connectivity index (χ2n) is 8.05. The van der Waals surface area contributed by atoms with Gasteiger partial charge in [-0.25, -0.2) is 14.8 Å². The van der Waals surface area contributed by atoms with E-state index in [1.807, 2.05) is 0 Å². The highest BCUT2D eigenvalue weighted by atomic mass is 32.2. The lowest BCUT2D eigenvalue weighted by Gasteiger charge is -2.14. The summed E-state index contributed by atoms with van der Waals surface area (Å²) < 4.78 is 2.37. The number of aryl methyl sites for hydroxylation is 1. The Labute approximate surface area is 193 Å². The SMILES string of the molecule is Cn1c(=O)c2c(SCC(=O)Nc3ccc(C(N)=O)cc3)nc(C3CCCC3)nc2n(C)c1=O. The molecule has 0 spiro atoms. The van der Waals surface area contributed by atoms with Crippen molar-refractivity contribution in [3.63, 3.8) is 0 Å². The van der Waals surface area contributed by atoms with E-state index in [-0.39, 0.29) is 28.6 Å². The molecule has 1 aliphatic rings. The summed E-state index contributed by atoms with van der Waals surface area (Å²) in [6.07, 6.45) is 4.08. The molecule has 0 saturated heterocycles. The standard InChI is InChI=1S/C22H24N6O4S/c1-27-19-16(21(31)28(2)22(27)32)20(26-18(25-19)13-5-3-4-6-13)33-11-15(29)24-14-9-7-12(8-10-14)17(23)30/h7-10,13H,3-6,11H2,1-2H3,(H2,23,30)(H,24,29). The number of nitrogens with zero attached hydrogens (tertiary/aromatic N) is 4. The van der Waals surface area contributed by atoms with Gasteiger partial charge >= 0.3 is 5.69 Å². The topological polar surface area (TPSA) is 142 Å².